The standard InChI is InChI=1S/C29H30N6O5/c1-19(33-26(36)16-31-29(39)40-17-20-7-3-2-4-8-20)27(37)35-25(14-24-15-30-18-32-24)28(38)34-23-12-11-21-9-5-6-10-22(21)13-23/h2-13,15,18-19,25H,14,16-17H2,1H3,(H,30,32)(H,31,39)(H,33,36)(H,34,38)(H,35,37)/t19-,25-/m0/s1. The summed E-state index contributed by atoms with van der Waals surface area (Å²) in [6.45, 7) is 1.16. The molecule has 11 nitrogen and oxygen atoms in total. The van der Waals surface area contributed by atoms with Crippen molar-refractivity contribution < 1.29 is 23.9 Å². The molecule has 2 atom stereocenters. The molecule has 4 amide bonds. The van der Waals surface area contributed by atoms with Gasteiger partial charge in [-0.05, 0) is 35.4 Å². The normalized spacial score (nSPS) is 12.1. The van der Waals surface area contributed by atoms with Gasteiger partial charge in [-0.15, -0.1) is 0 Å². The number of hydrogen-bond acceptors (Lipinski definition) is 6. The van der Waals surface area contributed by atoms with Crippen molar-refractivity contribution >= 4 is 40.3 Å². The first-order chi connectivity index (χ1) is 19.4. The first kappa shape index (κ1) is 27.8. The molecule has 4 aromatic rings. The molecule has 0 saturated heterocycles. The number of hydrogen-bond donors (Lipinski definition) is 5. The molecule has 5 N–H and O–H groups in total. The van der Waals surface area contributed by atoms with E-state index in [0.717, 1.165) is 16.3 Å². The maximum atomic E-state index is 13.2. The van der Waals surface area contributed by atoms with E-state index >= 15 is 0 Å². The molecule has 0 fully saturated rings. The van der Waals surface area contributed by atoms with Crippen LogP contribution in [-0.4, -0.2) is 52.4 Å². The van der Waals surface area contributed by atoms with Crippen LogP contribution in [0.2, 0.25) is 0 Å². The lowest BCUT2D eigenvalue weighted by Gasteiger charge is -2.21. The molecule has 0 aliphatic carbocycles. The number of imidazole rings is 1. The Hall–Kier alpha value is -5.19. The van der Waals surface area contributed by atoms with Gasteiger partial charge in [0.05, 0.1) is 6.33 Å². The molecule has 40 heavy (non-hydrogen) atoms. The number of anilines is 1. The molecule has 0 spiro atoms. The van der Waals surface area contributed by atoms with Crippen LogP contribution in [0, 0.1) is 0 Å². The Labute approximate surface area is 230 Å². The second kappa shape index (κ2) is 13.6. The zero-order valence-corrected chi connectivity index (χ0v) is 21.8. The molecule has 206 valence electrons. The number of carbonyl (C=O) groups excluding carboxylic acids is 4. The second-order valence-corrected chi connectivity index (χ2v) is 9.10. The molecular weight excluding hydrogens is 512 g/mol. The van der Waals surface area contributed by atoms with Gasteiger partial charge in [0.1, 0.15) is 25.2 Å². The number of ether oxygens (including phenoxy) is 1. The molecule has 4 rings (SSSR count). The molecule has 0 aliphatic heterocycles. The predicted molar refractivity (Wildman–Crippen MR) is 149 cm³/mol. The maximum absolute atomic E-state index is 13.2. The van der Waals surface area contributed by atoms with Crippen molar-refractivity contribution in [1.29, 1.82) is 0 Å². The van der Waals surface area contributed by atoms with Crippen molar-refractivity contribution in [2.75, 3.05) is 11.9 Å². The lowest BCUT2D eigenvalue weighted by Crippen LogP contribution is -2.53. The number of benzene rings is 3. The van der Waals surface area contributed by atoms with Crippen LogP contribution >= 0.6 is 0 Å². The fourth-order valence-corrected chi connectivity index (χ4v) is 3.90. The van der Waals surface area contributed by atoms with E-state index in [0.29, 0.717) is 11.4 Å². The Morgan fingerprint density at radius 1 is 0.900 bits per heavy atom. The molecule has 3 aromatic carbocycles. The van der Waals surface area contributed by atoms with E-state index in [2.05, 4.69) is 31.2 Å². The Kier molecular flexibility index (Phi) is 9.44. The van der Waals surface area contributed by atoms with Gasteiger partial charge in [0, 0.05) is 24.0 Å². The highest BCUT2D eigenvalue weighted by Gasteiger charge is 2.25. The van der Waals surface area contributed by atoms with Crippen LogP contribution in [0.15, 0.2) is 85.3 Å². The highest BCUT2D eigenvalue weighted by Crippen LogP contribution is 2.19. The minimum Gasteiger partial charge on any atom is -0.445 e. The molecule has 0 radical (unpaired) electrons. The topological polar surface area (TPSA) is 154 Å². The van der Waals surface area contributed by atoms with E-state index in [-0.39, 0.29) is 19.6 Å². The summed E-state index contributed by atoms with van der Waals surface area (Å²) in [5.74, 6) is -1.59. The van der Waals surface area contributed by atoms with Crippen molar-refractivity contribution in [3.05, 3.63) is 96.6 Å². The van der Waals surface area contributed by atoms with E-state index < -0.39 is 35.9 Å². The number of alkyl carbamates (subject to hydrolysis) is 1. The van der Waals surface area contributed by atoms with Crippen LogP contribution < -0.4 is 21.3 Å². The first-order valence-corrected chi connectivity index (χ1v) is 12.7. The number of rotatable bonds is 11. The van der Waals surface area contributed by atoms with E-state index in [1.165, 1.54) is 13.3 Å². The zero-order chi connectivity index (χ0) is 28.3. The van der Waals surface area contributed by atoms with Crippen molar-refractivity contribution in [2.24, 2.45) is 0 Å². The van der Waals surface area contributed by atoms with Crippen molar-refractivity contribution in [2.45, 2.75) is 32.0 Å². The minimum atomic E-state index is -0.979. The third kappa shape index (κ3) is 8.15. The van der Waals surface area contributed by atoms with E-state index in [4.69, 9.17) is 4.74 Å². The van der Waals surface area contributed by atoms with Gasteiger partial charge in [-0.3, -0.25) is 14.4 Å². The molecule has 0 saturated carbocycles. The lowest BCUT2D eigenvalue weighted by atomic mass is 10.1. The molecule has 0 bridgehead atoms. The van der Waals surface area contributed by atoms with Gasteiger partial charge >= 0.3 is 6.09 Å². The third-order valence-electron chi connectivity index (χ3n) is 6.01. The number of carbonyl (C=O) groups is 4. The summed E-state index contributed by atoms with van der Waals surface area (Å²) < 4.78 is 5.07. The first-order valence-electron chi connectivity index (χ1n) is 12.7. The fourth-order valence-electron chi connectivity index (χ4n) is 3.90. The van der Waals surface area contributed by atoms with Gasteiger partial charge in [-0.25, -0.2) is 9.78 Å². The average molecular weight is 543 g/mol. The van der Waals surface area contributed by atoms with Gasteiger partial charge < -0.3 is 31.0 Å². The SMILES string of the molecule is C[C@H](NC(=O)CNC(=O)OCc1ccccc1)C(=O)N[C@@H](Cc1cnc[nH]1)C(=O)Nc1ccc2ccccc2c1. The number of H-pyrrole nitrogens is 1. The van der Waals surface area contributed by atoms with Gasteiger partial charge in [0.2, 0.25) is 17.7 Å². The monoisotopic (exact) mass is 542 g/mol. The summed E-state index contributed by atoms with van der Waals surface area (Å²) in [6.07, 6.45) is 2.44. The molecule has 0 unspecified atom stereocenters. The Morgan fingerprint density at radius 2 is 1.65 bits per heavy atom. The molecule has 1 aromatic heterocycles. The van der Waals surface area contributed by atoms with Crippen molar-refractivity contribution in [3.8, 4) is 0 Å². The van der Waals surface area contributed by atoms with Crippen molar-refractivity contribution in [1.82, 2.24) is 25.9 Å². The van der Waals surface area contributed by atoms with Gasteiger partial charge in [-0.2, -0.15) is 0 Å². The quantitative estimate of drug-likeness (QED) is 0.196. The summed E-state index contributed by atoms with van der Waals surface area (Å²) in [7, 11) is 0. The fraction of sp³-hybridized carbons (Fsp3) is 0.207. The van der Waals surface area contributed by atoms with Gasteiger partial charge in [0.15, 0.2) is 0 Å². The Morgan fingerprint density at radius 3 is 2.40 bits per heavy atom. The number of fused-ring (bicyclic) bond motifs is 1. The number of aromatic nitrogens is 2. The lowest BCUT2D eigenvalue weighted by molar-refractivity contribution is -0.130. The summed E-state index contributed by atoms with van der Waals surface area (Å²) in [4.78, 5) is 57.2. The smallest absolute Gasteiger partial charge is 0.407 e. The summed E-state index contributed by atoms with van der Waals surface area (Å²) >= 11 is 0. The van der Waals surface area contributed by atoms with Gasteiger partial charge in [0.25, 0.3) is 0 Å². The summed E-state index contributed by atoms with van der Waals surface area (Å²) in [6, 6.07) is 20.5. The zero-order valence-electron chi connectivity index (χ0n) is 21.8. The maximum Gasteiger partial charge on any atom is 0.407 e. The second-order valence-electron chi connectivity index (χ2n) is 9.10. The van der Waals surface area contributed by atoms with Crippen LogP contribution in [0.4, 0.5) is 10.5 Å². The van der Waals surface area contributed by atoms with Crippen LogP contribution in [0.5, 0.6) is 0 Å². The highest BCUT2D eigenvalue weighted by molar-refractivity contribution is 6.00. The Bertz CT molecular complexity index is 1460. The van der Waals surface area contributed by atoms with Crippen LogP contribution in [0.25, 0.3) is 10.8 Å². The predicted octanol–water partition coefficient (Wildman–Crippen LogP) is 2.66. The molecule has 0 aliphatic rings. The number of nitrogens with zero attached hydrogens (tertiary/aromatic N) is 1. The van der Waals surface area contributed by atoms with Crippen LogP contribution in [-0.2, 0) is 32.1 Å². The number of nitrogens with one attached hydrogen (secondary N) is 5. The molecule has 11 heteroatoms. The molecule has 1 heterocycles. The number of aromatic amines is 1. The Balaban J connectivity index is 1.29. The summed E-state index contributed by atoms with van der Waals surface area (Å²) in [5, 5.41) is 12.4. The van der Waals surface area contributed by atoms with Gasteiger partial charge in [-0.1, -0.05) is 60.7 Å². The van der Waals surface area contributed by atoms with E-state index in [1.807, 2.05) is 66.7 Å². The number of amides is 4. The van der Waals surface area contributed by atoms with Crippen molar-refractivity contribution in [3.63, 3.8) is 0 Å². The molecular formula is C29H30N6O5. The van der Waals surface area contributed by atoms with E-state index in [9.17, 15) is 19.2 Å². The average Bonchev–Trinajstić information content (AvgIpc) is 3.48. The largest absolute Gasteiger partial charge is 0.445 e. The highest BCUT2D eigenvalue weighted by atomic mass is 16.5. The van der Waals surface area contributed by atoms with Crippen LogP contribution in [0.1, 0.15) is 18.2 Å². The van der Waals surface area contributed by atoms with E-state index in [1.54, 1.807) is 12.3 Å². The van der Waals surface area contributed by atoms with Crippen LogP contribution in [0.3, 0.4) is 0 Å². The third-order valence-corrected chi connectivity index (χ3v) is 6.01. The summed E-state index contributed by atoms with van der Waals surface area (Å²) in [5.41, 5.74) is 2.04. The minimum absolute atomic E-state index is 0.0616.